The Labute approximate surface area is 205 Å². The fourth-order valence-corrected chi connectivity index (χ4v) is 5.03. The molecule has 7 nitrogen and oxygen atoms in total. The Morgan fingerprint density at radius 1 is 1.00 bits per heavy atom. The maximum atomic E-state index is 13.2. The molecule has 1 saturated carbocycles. The van der Waals surface area contributed by atoms with E-state index in [0.717, 1.165) is 34.5 Å². The lowest BCUT2D eigenvalue weighted by atomic mass is 9.96. The first-order valence-corrected chi connectivity index (χ1v) is 12.3. The van der Waals surface area contributed by atoms with Crippen molar-refractivity contribution in [1.29, 1.82) is 0 Å². The molecule has 178 valence electrons. The van der Waals surface area contributed by atoms with E-state index < -0.39 is 4.92 Å². The smallest absolute Gasteiger partial charge is 0.269 e. The number of benzene rings is 2. The molecule has 0 atom stereocenters. The average Bonchev–Trinajstić information content (AvgIpc) is 3.51. The van der Waals surface area contributed by atoms with Crippen LogP contribution in [0, 0.1) is 15.9 Å². The van der Waals surface area contributed by atoms with E-state index >= 15 is 0 Å². The lowest BCUT2D eigenvalue weighted by molar-refractivity contribution is -0.384. The van der Waals surface area contributed by atoms with Gasteiger partial charge in [-0.3, -0.25) is 15.1 Å². The van der Waals surface area contributed by atoms with Gasteiger partial charge in [-0.2, -0.15) is 5.10 Å². The molecule has 1 aliphatic carbocycles. The Balaban J connectivity index is 1.50. The Bertz CT molecular complexity index is 1410. The molecule has 2 aromatic heterocycles. The van der Waals surface area contributed by atoms with Crippen LogP contribution in [0.4, 0.5) is 10.1 Å². The van der Waals surface area contributed by atoms with Crippen molar-refractivity contribution < 1.29 is 13.7 Å². The molecule has 4 aromatic rings. The van der Waals surface area contributed by atoms with E-state index in [-0.39, 0.29) is 17.5 Å². The molecule has 0 radical (unpaired) electrons. The second-order valence-electron chi connectivity index (χ2n) is 8.39. The molecular formula is C26H23FN4O3S. The summed E-state index contributed by atoms with van der Waals surface area (Å²) in [7, 11) is 0. The third kappa shape index (κ3) is 5.30. The number of non-ortho nitro benzene ring substituents is 1. The number of thiazole rings is 1. The minimum atomic E-state index is -0.414. The quantitative estimate of drug-likeness (QED) is 0.172. The molecule has 0 spiro atoms. The van der Waals surface area contributed by atoms with Crippen molar-refractivity contribution >= 4 is 23.2 Å². The summed E-state index contributed by atoms with van der Waals surface area (Å²) >= 11 is 1.50. The van der Waals surface area contributed by atoms with Crippen LogP contribution in [0.2, 0.25) is 0 Å². The number of furan rings is 1. The van der Waals surface area contributed by atoms with Gasteiger partial charge >= 0.3 is 0 Å². The number of nitro groups is 1. The van der Waals surface area contributed by atoms with E-state index in [1.54, 1.807) is 41.2 Å². The molecule has 0 N–H and O–H groups in total. The van der Waals surface area contributed by atoms with Gasteiger partial charge in [-0.25, -0.2) is 9.07 Å². The maximum Gasteiger partial charge on any atom is 0.269 e. The summed E-state index contributed by atoms with van der Waals surface area (Å²) < 4.78 is 20.9. The van der Waals surface area contributed by atoms with E-state index in [0.29, 0.717) is 11.5 Å². The monoisotopic (exact) mass is 490 g/mol. The van der Waals surface area contributed by atoms with Gasteiger partial charge in [0.25, 0.3) is 5.69 Å². The summed E-state index contributed by atoms with van der Waals surface area (Å²) in [4.78, 5) is 16.4. The number of nitrogens with zero attached hydrogens (tertiary/aromatic N) is 4. The van der Waals surface area contributed by atoms with Crippen LogP contribution in [-0.2, 0) is 0 Å². The van der Waals surface area contributed by atoms with Gasteiger partial charge < -0.3 is 4.42 Å². The van der Waals surface area contributed by atoms with Crippen LogP contribution in [0.1, 0.15) is 37.9 Å². The molecule has 35 heavy (non-hydrogen) atoms. The normalized spacial score (nSPS) is 15.2. The predicted octanol–water partition coefficient (Wildman–Crippen LogP) is 6.64. The summed E-state index contributed by atoms with van der Waals surface area (Å²) in [6, 6.07) is 16.4. The van der Waals surface area contributed by atoms with Crippen molar-refractivity contribution in [3.05, 3.63) is 92.5 Å². The second kappa shape index (κ2) is 10.2. The predicted molar refractivity (Wildman–Crippen MR) is 134 cm³/mol. The third-order valence-electron chi connectivity index (χ3n) is 5.98. The van der Waals surface area contributed by atoms with Crippen LogP contribution in [0.25, 0.3) is 22.6 Å². The van der Waals surface area contributed by atoms with Crippen LogP contribution in [0.3, 0.4) is 0 Å². The summed E-state index contributed by atoms with van der Waals surface area (Å²) in [5, 5.41) is 17.7. The summed E-state index contributed by atoms with van der Waals surface area (Å²) in [5.74, 6) is 0.856. The molecule has 0 bridgehead atoms. The number of rotatable bonds is 6. The van der Waals surface area contributed by atoms with E-state index in [1.807, 2.05) is 11.4 Å². The van der Waals surface area contributed by atoms with Gasteiger partial charge in [0.1, 0.15) is 17.3 Å². The second-order valence-corrected chi connectivity index (χ2v) is 9.23. The van der Waals surface area contributed by atoms with Gasteiger partial charge in [0.05, 0.1) is 22.9 Å². The van der Waals surface area contributed by atoms with Gasteiger partial charge in [0, 0.05) is 28.6 Å². The lowest BCUT2D eigenvalue weighted by Gasteiger charge is -2.16. The van der Waals surface area contributed by atoms with Crippen LogP contribution in [-0.4, -0.2) is 21.9 Å². The van der Waals surface area contributed by atoms with E-state index in [9.17, 15) is 14.5 Å². The first kappa shape index (κ1) is 22.9. The van der Waals surface area contributed by atoms with E-state index in [2.05, 4.69) is 5.10 Å². The van der Waals surface area contributed by atoms with Gasteiger partial charge in [0.2, 0.25) is 4.80 Å². The topological polar surface area (TPSA) is 85.9 Å². The summed E-state index contributed by atoms with van der Waals surface area (Å²) in [6.07, 6.45) is 7.35. The van der Waals surface area contributed by atoms with Crippen molar-refractivity contribution in [2.24, 2.45) is 10.1 Å². The zero-order chi connectivity index (χ0) is 24.2. The first-order chi connectivity index (χ1) is 17.1. The molecule has 0 aliphatic heterocycles. The first-order valence-electron chi connectivity index (χ1n) is 11.5. The highest BCUT2D eigenvalue weighted by Gasteiger charge is 2.15. The molecule has 0 amide bonds. The minimum absolute atomic E-state index is 0.0371. The van der Waals surface area contributed by atoms with Crippen LogP contribution in [0.5, 0.6) is 0 Å². The zero-order valence-electron chi connectivity index (χ0n) is 18.8. The molecular weight excluding hydrogens is 467 g/mol. The van der Waals surface area contributed by atoms with Crippen molar-refractivity contribution in [2.75, 3.05) is 0 Å². The summed E-state index contributed by atoms with van der Waals surface area (Å²) in [5.41, 5.74) is 2.41. The summed E-state index contributed by atoms with van der Waals surface area (Å²) in [6.45, 7) is 0. The zero-order valence-corrected chi connectivity index (χ0v) is 19.7. The Morgan fingerprint density at radius 3 is 2.43 bits per heavy atom. The largest absolute Gasteiger partial charge is 0.455 e. The maximum absolute atomic E-state index is 13.2. The highest BCUT2D eigenvalue weighted by atomic mass is 32.1. The van der Waals surface area contributed by atoms with Crippen LogP contribution in [0.15, 0.2) is 80.6 Å². The SMILES string of the molecule is O=[N+]([O-])c1ccc(-c2csc(=NC3CCCCC3)n2N=Cc2ccc(-c3ccc(F)cc3)o2)cc1. The molecule has 2 heterocycles. The van der Waals surface area contributed by atoms with E-state index in [1.165, 1.54) is 54.9 Å². The van der Waals surface area contributed by atoms with Crippen LogP contribution < -0.4 is 4.80 Å². The number of hydrogen-bond acceptors (Lipinski definition) is 6. The fourth-order valence-electron chi connectivity index (χ4n) is 4.12. The minimum Gasteiger partial charge on any atom is -0.455 e. The van der Waals surface area contributed by atoms with Crippen LogP contribution >= 0.6 is 11.3 Å². The highest BCUT2D eigenvalue weighted by Crippen LogP contribution is 2.25. The van der Waals surface area contributed by atoms with Crippen molar-refractivity contribution in [2.45, 2.75) is 38.1 Å². The average molecular weight is 491 g/mol. The lowest BCUT2D eigenvalue weighted by Crippen LogP contribution is -2.18. The van der Waals surface area contributed by atoms with Gasteiger partial charge in [-0.15, -0.1) is 11.3 Å². The van der Waals surface area contributed by atoms with E-state index in [4.69, 9.17) is 9.41 Å². The molecule has 0 unspecified atom stereocenters. The molecule has 1 fully saturated rings. The Hall–Kier alpha value is -3.85. The molecule has 1 aliphatic rings. The highest BCUT2D eigenvalue weighted by molar-refractivity contribution is 7.07. The van der Waals surface area contributed by atoms with Gasteiger partial charge in [0.15, 0.2) is 0 Å². The Morgan fingerprint density at radius 2 is 1.71 bits per heavy atom. The number of hydrogen-bond donors (Lipinski definition) is 0. The standard InChI is InChI=1S/C26H23FN4O3S/c27-20-10-6-19(7-11-20)25-15-14-23(34-25)16-28-30-24(18-8-12-22(13-9-18)31(32)33)17-35-26(30)29-21-4-2-1-3-5-21/h6-17,21H,1-5H2. The number of aromatic nitrogens is 1. The van der Waals surface area contributed by atoms with Crippen molar-refractivity contribution in [3.63, 3.8) is 0 Å². The molecule has 0 saturated heterocycles. The molecule has 9 heteroatoms. The Kier molecular flexibility index (Phi) is 6.67. The molecule has 5 rings (SSSR count). The number of nitro benzene ring substituents is 1. The number of halogens is 1. The van der Waals surface area contributed by atoms with Crippen molar-refractivity contribution in [1.82, 2.24) is 4.68 Å². The fraction of sp³-hybridized carbons (Fsp3) is 0.231. The van der Waals surface area contributed by atoms with Gasteiger partial charge in [-0.1, -0.05) is 19.3 Å². The van der Waals surface area contributed by atoms with Crippen molar-refractivity contribution in [3.8, 4) is 22.6 Å². The third-order valence-corrected chi connectivity index (χ3v) is 6.81. The van der Waals surface area contributed by atoms with Gasteiger partial charge in [-0.05, 0) is 61.4 Å². The molecule has 2 aromatic carbocycles.